The van der Waals surface area contributed by atoms with Crippen molar-refractivity contribution >= 4 is 75.1 Å². The van der Waals surface area contributed by atoms with Gasteiger partial charge >= 0.3 is 11.9 Å². The van der Waals surface area contributed by atoms with Crippen LogP contribution in [0.5, 0.6) is 0 Å². The normalized spacial score (nSPS) is 22.6. The molecule has 16 heteroatoms. The number of nitrogens with one attached hydrogen (secondary N) is 1. The van der Waals surface area contributed by atoms with Crippen molar-refractivity contribution in [2.24, 2.45) is 16.0 Å². The Labute approximate surface area is 248 Å². The van der Waals surface area contributed by atoms with Gasteiger partial charge in [-0.15, -0.1) is 34.4 Å². The summed E-state index contributed by atoms with van der Waals surface area (Å²) in [5.41, 5.74) is 6.31. The van der Waals surface area contributed by atoms with Crippen LogP contribution in [0.15, 0.2) is 22.1 Å². The van der Waals surface area contributed by atoms with Gasteiger partial charge in [0.1, 0.15) is 29.6 Å². The number of hydrogen-bond donors (Lipinski definition) is 2. The molecule has 0 saturated carbocycles. The number of carbonyl (C=O) groups is 4. The Hall–Kier alpha value is -3.50. The molecule has 41 heavy (non-hydrogen) atoms. The summed E-state index contributed by atoms with van der Waals surface area (Å²) in [6.07, 6.45) is 3.49. The van der Waals surface area contributed by atoms with Gasteiger partial charge in [0, 0.05) is 22.6 Å². The minimum absolute atomic E-state index is 0.0118. The molecule has 220 valence electrons. The first-order valence-corrected chi connectivity index (χ1v) is 15.2. The monoisotopic (exact) mass is 622 g/mol. The van der Waals surface area contributed by atoms with Crippen molar-refractivity contribution in [3.63, 3.8) is 0 Å². The van der Waals surface area contributed by atoms with Crippen molar-refractivity contribution < 1.29 is 33.5 Å². The van der Waals surface area contributed by atoms with Crippen LogP contribution in [0.2, 0.25) is 0 Å². The summed E-state index contributed by atoms with van der Waals surface area (Å²) in [5.74, 6) is -1.92. The van der Waals surface area contributed by atoms with Crippen molar-refractivity contribution in [2.75, 3.05) is 31.9 Å². The number of hydrogen-bond acceptors (Lipinski definition) is 14. The topological polar surface area (TPSA) is 175 Å². The highest BCUT2D eigenvalue weighted by atomic mass is 32.2. The van der Waals surface area contributed by atoms with Crippen LogP contribution in [0.4, 0.5) is 5.13 Å². The Kier molecular flexibility index (Phi) is 9.03. The first-order valence-electron chi connectivity index (χ1n) is 12.4. The molecule has 0 aliphatic carbocycles. The molecule has 2 unspecified atom stereocenters. The number of oxime groups is 1. The Bertz CT molecular complexity index is 1400. The average molecular weight is 623 g/mol. The Morgan fingerprint density at radius 2 is 2.05 bits per heavy atom. The van der Waals surface area contributed by atoms with Gasteiger partial charge in [0.15, 0.2) is 10.8 Å². The minimum atomic E-state index is -1.23. The average Bonchev–Trinajstić information content (AvgIpc) is 3.55. The molecule has 2 fully saturated rings. The highest BCUT2D eigenvalue weighted by Crippen LogP contribution is 2.44. The van der Waals surface area contributed by atoms with Gasteiger partial charge in [0.2, 0.25) is 12.7 Å². The van der Waals surface area contributed by atoms with Crippen LogP contribution in [0.3, 0.4) is 0 Å². The number of anilines is 1. The molecule has 2 aromatic heterocycles. The summed E-state index contributed by atoms with van der Waals surface area (Å²) in [7, 11) is 1.29. The summed E-state index contributed by atoms with van der Waals surface area (Å²) in [6, 6.07) is -0.847. The third-order valence-corrected chi connectivity index (χ3v) is 9.41. The summed E-state index contributed by atoms with van der Waals surface area (Å²) in [6.45, 7) is 6.39. The molecule has 0 radical (unpaired) electrons. The van der Waals surface area contributed by atoms with E-state index >= 15 is 0 Å². The van der Waals surface area contributed by atoms with Crippen LogP contribution in [-0.4, -0.2) is 81.9 Å². The highest BCUT2D eigenvalue weighted by molar-refractivity contribution is 8.00. The van der Waals surface area contributed by atoms with E-state index < -0.39 is 46.9 Å². The van der Waals surface area contributed by atoms with E-state index in [1.807, 2.05) is 6.92 Å². The number of thiazole rings is 2. The molecular weight excluding hydrogens is 593 g/mol. The number of aromatic nitrogens is 2. The zero-order chi connectivity index (χ0) is 29.9. The number of rotatable bonds is 9. The van der Waals surface area contributed by atoms with Crippen LogP contribution in [-0.2, 0) is 33.5 Å². The van der Waals surface area contributed by atoms with Crippen LogP contribution in [0, 0.1) is 17.8 Å². The molecule has 0 aromatic carbocycles. The second-order valence-corrected chi connectivity index (χ2v) is 13.2. The van der Waals surface area contributed by atoms with Crippen molar-refractivity contribution in [1.29, 1.82) is 0 Å². The maximum atomic E-state index is 13.4. The quantitative estimate of drug-likeness (QED) is 0.138. The molecular formula is C25H30N6O7S3. The second kappa shape index (κ2) is 12.2. The van der Waals surface area contributed by atoms with Gasteiger partial charge in [-0.3, -0.25) is 19.2 Å². The van der Waals surface area contributed by atoms with E-state index in [1.165, 1.54) is 35.1 Å². The maximum Gasteiger partial charge on any atom is 0.321 e. The number of nitrogens with two attached hydrogens (primary N) is 1. The van der Waals surface area contributed by atoms with E-state index in [0.717, 1.165) is 21.9 Å². The first kappa shape index (κ1) is 30.5. The molecule has 3 atom stereocenters. The number of aryl methyl sites for hydroxylation is 1. The van der Waals surface area contributed by atoms with E-state index in [0.29, 0.717) is 0 Å². The van der Waals surface area contributed by atoms with Gasteiger partial charge in [-0.25, -0.2) is 9.97 Å². The zero-order valence-corrected chi connectivity index (χ0v) is 25.5. The van der Waals surface area contributed by atoms with Gasteiger partial charge in [0.25, 0.3) is 5.91 Å². The fourth-order valence-electron chi connectivity index (χ4n) is 3.99. The lowest BCUT2D eigenvalue weighted by Crippen LogP contribution is -2.74. The lowest BCUT2D eigenvalue weighted by molar-refractivity contribution is -0.178. The zero-order valence-electron chi connectivity index (χ0n) is 23.0. The van der Waals surface area contributed by atoms with Gasteiger partial charge in [-0.2, -0.15) is 0 Å². The fourth-order valence-corrected chi connectivity index (χ4v) is 6.74. The molecule has 0 bridgehead atoms. The molecule has 0 spiro atoms. The molecule has 2 aliphatic heterocycles. The van der Waals surface area contributed by atoms with Gasteiger partial charge in [0.05, 0.1) is 16.6 Å². The molecule has 2 aliphatic rings. The molecule has 4 rings (SSSR count). The van der Waals surface area contributed by atoms with Crippen LogP contribution in [0.25, 0.3) is 6.08 Å². The summed E-state index contributed by atoms with van der Waals surface area (Å²) in [5, 5.41) is 7.85. The third kappa shape index (κ3) is 6.54. The van der Waals surface area contributed by atoms with E-state index in [4.69, 9.17) is 20.0 Å². The van der Waals surface area contributed by atoms with E-state index in [-0.39, 0.29) is 34.7 Å². The SMILES string of the molecule is CON=C(C(=O)NC1C(=O)N2CC(C=Cc3scnc3C)(C(=O)OCOC(=O)C(C)(C)C)CS[C@H]12)c1csc(N)n1. The number of fused-ring (bicyclic) bond motifs is 1. The van der Waals surface area contributed by atoms with Gasteiger partial charge in [-0.05, 0) is 33.8 Å². The lowest BCUT2D eigenvalue weighted by atomic mass is 9.86. The predicted octanol–water partition coefficient (Wildman–Crippen LogP) is 2.03. The molecule has 3 N–H and O–H groups in total. The van der Waals surface area contributed by atoms with Crippen LogP contribution < -0.4 is 11.1 Å². The smallest absolute Gasteiger partial charge is 0.321 e. The summed E-state index contributed by atoms with van der Waals surface area (Å²) in [4.78, 5) is 67.2. The van der Waals surface area contributed by atoms with E-state index in [1.54, 1.807) is 43.8 Å². The fraction of sp³-hybridized carbons (Fsp3) is 0.480. The summed E-state index contributed by atoms with van der Waals surface area (Å²) >= 11 is 3.88. The van der Waals surface area contributed by atoms with Crippen molar-refractivity contribution in [2.45, 2.75) is 39.1 Å². The Morgan fingerprint density at radius 3 is 2.66 bits per heavy atom. The minimum Gasteiger partial charge on any atom is -0.427 e. The molecule has 2 saturated heterocycles. The standard InChI is InChI=1S/C25H30N6O7S3/c1-13-15(41-11-27-13)6-7-25(22(35)38-12-37-21(34)24(2,3)4)9-31-19(33)17(20(31)40-10-25)29-18(32)16(30-36-5)14-8-39-23(26)28-14/h6-8,11,17,20H,9-10,12H2,1-5H3,(H2,26,28)(H,29,32)/t17?,20-,25?/m1/s1. The third-order valence-electron chi connectivity index (χ3n) is 6.29. The number of nitrogen functional groups attached to an aromatic ring is 1. The predicted molar refractivity (Wildman–Crippen MR) is 155 cm³/mol. The van der Waals surface area contributed by atoms with Crippen molar-refractivity contribution in [3.8, 4) is 0 Å². The van der Waals surface area contributed by atoms with Gasteiger partial charge < -0.3 is 30.3 Å². The van der Waals surface area contributed by atoms with E-state index in [2.05, 4.69) is 20.4 Å². The van der Waals surface area contributed by atoms with Crippen LogP contribution in [0.1, 0.15) is 37.0 Å². The number of amides is 2. The van der Waals surface area contributed by atoms with E-state index in [9.17, 15) is 19.2 Å². The number of β-lactam (4-membered cyclic amide) rings is 1. The Morgan fingerprint density at radius 1 is 1.29 bits per heavy atom. The summed E-state index contributed by atoms with van der Waals surface area (Å²) < 4.78 is 10.5. The van der Waals surface area contributed by atoms with Crippen molar-refractivity contribution in [1.82, 2.24) is 20.2 Å². The lowest BCUT2D eigenvalue weighted by Gasteiger charge is -2.53. The molecule has 13 nitrogen and oxygen atoms in total. The van der Waals surface area contributed by atoms with Crippen molar-refractivity contribution in [3.05, 3.63) is 33.2 Å². The largest absolute Gasteiger partial charge is 0.427 e. The number of ether oxygens (including phenoxy) is 2. The van der Waals surface area contributed by atoms with Gasteiger partial charge in [-0.1, -0.05) is 11.2 Å². The maximum absolute atomic E-state index is 13.4. The molecule has 2 aromatic rings. The number of carbonyl (C=O) groups excluding carboxylic acids is 4. The number of esters is 2. The van der Waals surface area contributed by atoms with Crippen LogP contribution >= 0.6 is 34.4 Å². The highest BCUT2D eigenvalue weighted by Gasteiger charge is 2.57. The first-order chi connectivity index (χ1) is 19.4. The number of thioether (sulfide) groups is 1. The number of nitrogens with zero attached hydrogens (tertiary/aromatic N) is 4. The second-order valence-electron chi connectivity index (χ2n) is 10.3. The molecule has 4 heterocycles. The molecule has 2 amide bonds. The Balaban J connectivity index is 1.48.